The molecule has 26 heavy (non-hydrogen) atoms. The third-order valence-corrected chi connectivity index (χ3v) is 3.51. The molecule has 0 aliphatic heterocycles. The van der Waals surface area contributed by atoms with Gasteiger partial charge in [-0.15, -0.1) is 0 Å². The van der Waals surface area contributed by atoms with Crippen LogP contribution in [0.2, 0.25) is 0 Å². The summed E-state index contributed by atoms with van der Waals surface area (Å²) >= 11 is 0. The summed E-state index contributed by atoms with van der Waals surface area (Å²) in [5.41, 5.74) is 0.431. The quantitative estimate of drug-likeness (QED) is 0.582. The number of nitrogens with one attached hydrogen (secondary N) is 1. The van der Waals surface area contributed by atoms with E-state index >= 15 is 0 Å². The molecule has 2 aromatic carbocycles. The molecule has 0 spiro atoms. The van der Waals surface area contributed by atoms with Crippen molar-refractivity contribution in [2.75, 3.05) is 6.61 Å². The third kappa shape index (κ3) is 5.82. The molecule has 0 aromatic heterocycles. The maximum absolute atomic E-state index is 12.3. The minimum atomic E-state index is -4.97. The van der Waals surface area contributed by atoms with Crippen LogP contribution in [0, 0.1) is 0 Å². The molecule has 9 heteroatoms. The average Bonchev–Trinajstić information content (AvgIpc) is 2.54. The van der Waals surface area contributed by atoms with E-state index in [0.29, 0.717) is 22.1 Å². The van der Waals surface area contributed by atoms with Crippen LogP contribution in [0.15, 0.2) is 36.4 Å². The molecule has 2 aromatic rings. The van der Waals surface area contributed by atoms with Crippen molar-refractivity contribution in [1.29, 1.82) is 0 Å². The second-order valence-corrected chi connectivity index (χ2v) is 5.55. The molecular formula is C17H15F6NO2. The molecule has 3 nitrogen and oxygen atoms in total. The van der Waals surface area contributed by atoms with Crippen LogP contribution in [-0.2, 0) is 11.3 Å². The number of hydrogen-bond donors (Lipinski definition) is 1. The van der Waals surface area contributed by atoms with Gasteiger partial charge in [-0.3, -0.25) is 4.79 Å². The summed E-state index contributed by atoms with van der Waals surface area (Å²) in [4.78, 5) is 10.9. The molecule has 142 valence electrons. The van der Waals surface area contributed by atoms with E-state index in [1.807, 2.05) is 0 Å². The Bertz CT molecular complexity index is 770. The Morgan fingerprint density at radius 1 is 1.04 bits per heavy atom. The van der Waals surface area contributed by atoms with Gasteiger partial charge in [-0.1, -0.05) is 24.3 Å². The van der Waals surface area contributed by atoms with Crippen LogP contribution >= 0.6 is 0 Å². The minimum absolute atomic E-state index is 0.141. The van der Waals surface area contributed by atoms with E-state index in [2.05, 4.69) is 0 Å². The minimum Gasteiger partial charge on any atom is -0.494 e. The summed E-state index contributed by atoms with van der Waals surface area (Å²) in [5, 5.41) is 3.03. The Morgan fingerprint density at radius 3 is 2.42 bits per heavy atom. The van der Waals surface area contributed by atoms with Crippen LogP contribution in [-0.4, -0.2) is 24.9 Å². The summed E-state index contributed by atoms with van der Waals surface area (Å²) < 4.78 is 78.4. The van der Waals surface area contributed by atoms with Crippen LogP contribution in [0.4, 0.5) is 26.3 Å². The number of benzene rings is 2. The van der Waals surface area contributed by atoms with E-state index in [0.717, 1.165) is 0 Å². The van der Waals surface area contributed by atoms with Gasteiger partial charge < -0.3 is 10.1 Å². The van der Waals surface area contributed by atoms with Crippen LogP contribution in [0.1, 0.15) is 18.4 Å². The van der Waals surface area contributed by atoms with Gasteiger partial charge in [0.05, 0.1) is 6.61 Å². The summed E-state index contributed by atoms with van der Waals surface area (Å²) in [5.74, 6) is -1.75. The van der Waals surface area contributed by atoms with Gasteiger partial charge in [0.1, 0.15) is 5.75 Å². The van der Waals surface area contributed by atoms with Gasteiger partial charge in [0.25, 0.3) is 0 Å². The Kier molecular flexibility index (Phi) is 5.99. The van der Waals surface area contributed by atoms with E-state index in [1.165, 1.54) is 6.07 Å². The zero-order valence-electron chi connectivity index (χ0n) is 13.4. The van der Waals surface area contributed by atoms with Crippen molar-refractivity contribution >= 4 is 16.7 Å². The van der Waals surface area contributed by atoms with Crippen molar-refractivity contribution in [1.82, 2.24) is 5.32 Å². The molecule has 0 radical (unpaired) electrons. The Hall–Kier alpha value is -2.45. The van der Waals surface area contributed by atoms with Gasteiger partial charge >= 0.3 is 18.3 Å². The third-order valence-electron chi connectivity index (χ3n) is 3.51. The van der Waals surface area contributed by atoms with E-state index < -0.39 is 24.7 Å². The van der Waals surface area contributed by atoms with Crippen molar-refractivity contribution in [3.8, 4) is 5.75 Å². The Labute approximate surface area is 144 Å². The van der Waals surface area contributed by atoms with Crippen LogP contribution in [0.3, 0.4) is 0 Å². The van der Waals surface area contributed by atoms with Gasteiger partial charge in [-0.05, 0) is 34.9 Å². The molecule has 0 fully saturated rings. The van der Waals surface area contributed by atoms with Crippen molar-refractivity contribution in [3.63, 3.8) is 0 Å². The predicted molar refractivity (Wildman–Crippen MR) is 82.6 cm³/mol. The second-order valence-electron chi connectivity index (χ2n) is 5.55. The first-order chi connectivity index (χ1) is 12.1. The Morgan fingerprint density at radius 2 is 1.77 bits per heavy atom. The normalized spacial score (nSPS) is 12.2. The molecule has 0 aliphatic rings. The highest BCUT2D eigenvalue weighted by Crippen LogP contribution is 2.26. The second kappa shape index (κ2) is 7.84. The summed E-state index contributed by atoms with van der Waals surface area (Å²) in [7, 11) is 0. The lowest BCUT2D eigenvalue weighted by molar-refractivity contribution is -0.173. The molecule has 0 saturated heterocycles. The number of carbonyl (C=O) groups is 1. The van der Waals surface area contributed by atoms with Gasteiger partial charge in [-0.25, -0.2) is 0 Å². The van der Waals surface area contributed by atoms with E-state index in [1.54, 1.807) is 35.6 Å². The zero-order chi connectivity index (χ0) is 19.4. The summed E-state index contributed by atoms with van der Waals surface area (Å²) in [6, 6.07) is 9.63. The number of fused-ring (bicyclic) bond motifs is 1. The molecule has 0 heterocycles. The van der Waals surface area contributed by atoms with E-state index in [4.69, 9.17) is 4.74 Å². The molecule has 0 unspecified atom stereocenters. The van der Waals surface area contributed by atoms with Gasteiger partial charge in [0.2, 0.25) is 0 Å². The highest BCUT2D eigenvalue weighted by molar-refractivity contribution is 5.88. The largest absolute Gasteiger partial charge is 0.494 e. The van der Waals surface area contributed by atoms with E-state index in [9.17, 15) is 31.1 Å². The zero-order valence-corrected chi connectivity index (χ0v) is 13.4. The highest BCUT2D eigenvalue weighted by Gasteiger charge is 2.38. The highest BCUT2D eigenvalue weighted by atomic mass is 19.4. The molecular weight excluding hydrogens is 364 g/mol. The first-order valence-electron chi connectivity index (χ1n) is 7.62. The first-order valence-corrected chi connectivity index (χ1v) is 7.62. The molecule has 0 bridgehead atoms. The topological polar surface area (TPSA) is 38.3 Å². The smallest absolute Gasteiger partial charge is 0.471 e. The number of alkyl halides is 6. The number of amides is 1. The standard InChI is InChI=1S/C17H15F6NO2/c18-16(19,20)7-2-8-26-13-6-5-11-3-1-4-12(14(11)9-13)10-24-15(25)17(21,22)23/h1,3-6,9H,2,7-8,10H2,(H,24,25). The number of carbonyl (C=O) groups excluding carboxylic acids is 1. The lowest BCUT2D eigenvalue weighted by atomic mass is 10.0. The molecule has 2 rings (SSSR count). The van der Waals surface area contributed by atoms with Crippen molar-refractivity contribution in [3.05, 3.63) is 42.0 Å². The molecule has 1 amide bonds. The van der Waals surface area contributed by atoms with E-state index in [-0.39, 0.29) is 19.6 Å². The first kappa shape index (κ1) is 19.9. The fourth-order valence-electron chi connectivity index (χ4n) is 2.30. The van der Waals surface area contributed by atoms with Crippen molar-refractivity contribution < 1.29 is 35.9 Å². The fourth-order valence-corrected chi connectivity index (χ4v) is 2.30. The summed E-state index contributed by atoms with van der Waals surface area (Å²) in [6.45, 7) is -0.481. The lowest BCUT2D eigenvalue weighted by Gasteiger charge is -2.12. The molecule has 1 N–H and O–H groups in total. The molecule has 0 saturated carbocycles. The number of ether oxygens (including phenoxy) is 1. The number of rotatable bonds is 6. The molecule has 0 aliphatic carbocycles. The Balaban J connectivity index is 2.08. The van der Waals surface area contributed by atoms with Gasteiger partial charge in [0.15, 0.2) is 0 Å². The maximum Gasteiger partial charge on any atom is 0.471 e. The van der Waals surface area contributed by atoms with Gasteiger partial charge in [-0.2, -0.15) is 26.3 Å². The fraction of sp³-hybridized carbons (Fsp3) is 0.353. The van der Waals surface area contributed by atoms with Crippen LogP contribution < -0.4 is 10.1 Å². The lowest BCUT2D eigenvalue weighted by Crippen LogP contribution is -2.36. The van der Waals surface area contributed by atoms with Crippen molar-refractivity contribution in [2.24, 2.45) is 0 Å². The predicted octanol–water partition coefficient (Wildman–Crippen LogP) is 4.74. The van der Waals surface area contributed by atoms with Gasteiger partial charge in [0, 0.05) is 13.0 Å². The molecule has 0 atom stereocenters. The van der Waals surface area contributed by atoms with Crippen LogP contribution in [0.5, 0.6) is 5.75 Å². The number of halogens is 6. The summed E-state index contributed by atoms with van der Waals surface area (Å²) in [6.07, 6.45) is -10.4. The number of hydrogen-bond acceptors (Lipinski definition) is 2. The monoisotopic (exact) mass is 379 g/mol. The SMILES string of the molecule is O=C(NCc1cccc2ccc(OCCCC(F)(F)F)cc12)C(F)(F)F. The maximum atomic E-state index is 12.3. The van der Waals surface area contributed by atoms with Crippen molar-refractivity contribution in [2.45, 2.75) is 31.7 Å². The average molecular weight is 379 g/mol. The van der Waals surface area contributed by atoms with Crippen LogP contribution in [0.25, 0.3) is 10.8 Å².